The lowest BCUT2D eigenvalue weighted by Crippen LogP contribution is -2.14. The van der Waals surface area contributed by atoms with Gasteiger partial charge in [-0.2, -0.15) is 0 Å². The third-order valence-corrected chi connectivity index (χ3v) is 6.31. The highest BCUT2D eigenvalue weighted by atomic mass is 35.5. The summed E-state index contributed by atoms with van der Waals surface area (Å²) in [4.78, 5) is 17.6. The summed E-state index contributed by atoms with van der Waals surface area (Å²) in [6, 6.07) is 13.8. The fourth-order valence-electron chi connectivity index (χ4n) is 3.55. The highest BCUT2D eigenvalue weighted by molar-refractivity contribution is 7.17. The number of hydrogen-bond donors (Lipinski definition) is 2. The first-order chi connectivity index (χ1) is 13.5. The van der Waals surface area contributed by atoms with Crippen LogP contribution in [0.1, 0.15) is 41.7 Å². The Morgan fingerprint density at radius 2 is 2.07 bits per heavy atom. The van der Waals surface area contributed by atoms with Gasteiger partial charge in [-0.25, -0.2) is 4.98 Å². The van der Waals surface area contributed by atoms with Crippen LogP contribution in [-0.4, -0.2) is 21.8 Å². The number of thiophene rings is 1. The Balaban J connectivity index is 1.77. The molecule has 1 aliphatic carbocycles. The van der Waals surface area contributed by atoms with Crippen molar-refractivity contribution in [2.75, 3.05) is 5.32 Å². The summed E-state index contributed by atoms with van der Waals surface area (Å²) in [7, 11) is 0. The molecular weight excluding hydrogens is 394 g/mol. The zero-order valence-electron chi connectivity index (χ0n) is 15.1. The van der Waals surface area contributed by atoms with Crippen LogP contribution in [-0.2, 0) is 4.79 Å². The van der Waals surface area contributed by atoms with Crippen molar-refractivity contribution in [3.8, 4) is 10.4 Å². The van der Waals surface area contributed by atoms with Gasteiger partial charge in [-0.15, -0.1) is 11.3 Å². The van der Waals surface area contributed by atoms with E-state index in [0.717, 1.165) is 27.3 Å². The fourth-order valence-corrected chi connectivity index (χ4v) is 4.91. The molecule has 1 aromatic carbocycles. The Hall–Kier alpha value is -2.70. The zero-order valence-corrected chi connectivity index (χ0v) is 16.7. The molecule has 0 aliphatic heterocycles. The molecular formula is C21H18ClN3O2S. The second kappa shape index (κ2) is 7.73. The monoisotopic (exact) mass is 411 g/mol. The van der Waals surface area contributed by atoms with Gasteiger partial charge in [0.25, 0.3) is 0 Å². The summed E-state index contributed by atoms with van der Waals surface area (Å²) < 4.78 is 0. The third-order valence-electron chi connectivity index (χ3n) is 4.81. The van der Waals surface area contributed by atoms with E-state index >= 15 is 0 Å². The molecule has 0 radical (unpaired) electrons. The van der Waals surface area contributed by atoms with Gasteiger partial charge >= 0.3 is 0 Å². The third kappa shape index (κ3) is 3.66. The first kappa shape index (κ1) is 18.7. The molecule has 0 bridgehead atoms. The number of rotatable bonds is 3. The summed E-state index contributed by atoms with van der Waals surface area (Å²) in [5.41, 5.74) is 4.03. The summed E-state index contributed by atoms with van der Waals surface area (Å²) in [6.07, 6.45) is 3.26. The Kier molecular flexibility index (Phi) is 5.15. The standard InChI is InChI=1S/C21H18ClN3O2S/c1-12(26)24-20-10-14(8-9-23-20)19-11-17-16(13-2-4-15(22)5-3-13)6-7-18(25-27)21(17)28-19/h2-5,8-11,16,27H,6-7H2,1H3,(H,23,24,26). The number of halogens is 1. The van der Waals surface area contributed by atoms with Crippen LogP contribution in [0.4, 0.5) is 5.82 Å². The maximum Gasteiger partial charge on any atom is 0.222 e. The number of anilines is 1. The summed E-state index contributed by atoms with van der Waals surface area (Å²) >= 11 is 7.64. The topological polar surface area (TPSA) is 74.6 Å². The van der Waals surface area contributed by atoms with Crippen molar-refractivity contribution >= 4 is 40.4 Å². The van der Waals surface area contributed by atoms with Crippen molar-refractivity contribution in [3.63, 3.8) is 0 Å². The van der Waals surface area contributed by atoms with Crippen molar-refractivity contribution in [3.05, 3.63) is 69.7 Å². The molecule has 5 nitrogen and oxygen atoms in total. The molecule has 1 aliphatic rings. The molecule has 3 aromatic rings. The minimum absolute atomic E-state index is 0.160. The number of pyridine rings is 1. The maximum absolute atomic E-state index is 11.3. The van der Waals surface area contributed by atoms with Crippen LogP contribution in [0, 0.1) is 0 Å². The van der Waals surface area contributed by atoms with Crippen LogP contribution >= 0.6 is 22.9 Å². The van der Waals surface area contributed by atoms with Crippen molar-refractivity contribution in [2.45, 2.75) is 25.7 Å². The predicted molar refractivity (Wildman–Crippen MR) is 113 cm³/mol. The van der Waals surface area contributed by atoms with Crippen LogP contribution in [0.25, 0.3) is 10.4 Å². The number of oxime groups is 1. The SMILES string of the molecule is CC(=O)Nc1cc(-c2cc3c(s2)C(=NO)CCC3c2ccc(Cl)cc2)ccn1. The lowest BCUT2D eigenvalue weighted by molar-refractivity contribution is -0.114. The number of hydrogen-bond acceptors (Lipinski definition) is 5. The van der Waals surface area contributed by atoms with Crippen LogP contribution in [0.2, 0.25) is 5.02 Å². The Morgan fingerprint density at radius 3 is 2.79 bits per heavy atom. The summed E-state index contributed by atoms with van der Waals surface area (Å²) in [6.45, 7) is 1.46. The van der Waals surface area contributed by atoms with E-state index in [1.165, 1.54) is 12.5 Å². The van der Waals surface area contributed by atoms with Gasteiger partial charge in [0.05, 0.1) is 10.6 Å². The molecule has 1 amide bonds. The molecule has 0 fully saturated rings. The largest absolute Gasteiger partial charge is 0.411 e. The van der Waals surface area contributed by atoms with E-state index < -0.39 is 0 Å². The number of carbonyl (C=O) groups excluding carboxylic acids is 1. The van der Waals surface area contributed by atoms with Crippen LogP contribution in [0.5, 0.6) is 0 Å². The van der Waals surface area contributed by atoms with E-state index in [4.69, 9.17) is 11.6 Å². The smallest absolute Gasteiger partial charge is 0.222 e. The Labute approximate surface area is 171 Å². The second-order valence-electron chi connectivity index (χ2n) is 6.70. The van der Waals surface area contributed by atoms with Gasteiger partial charge in [0, 0.05) is 28.9 Å². The molecule has 4 rings (SSSR count). The van der Waals surface area contributed by atoms with Gasteiger partial charge in [0.15, 0.2) is 0 Å². The van der Waals surface area contributed by atoms with Crippen LogP contribution in [0.3, 0.4) is 0 Å². The quantitative estimate of drug-likeness (QED) is 0.439. The van der Waals surface area contributed by atoms with Gasteiger partial charge < -0.3 is 10.5 Å². The average molecular weight is 412 g/mol. The minimum atomic E-state index is -0.160. The van der Waals surface area contributed by atoms with E-state index in [0.29, 0.717) is 23.0 Å². The summed E-state index contributed by atoms with van der Waals surface area (Å²) in [5, 5.41) is 16.4. The second-order valence-corrected chi connectivity index (χ2v) is 8.18. The first-order valence-corrected chi connectivity index (χ1v) is 10.1. The number of aromatic nitrogens is 1. The van der Waals surface area contributed by atoms with E-state index in [2.05, 4.69) is 33.7 Å². The molecule has 2 aromatic heterocycles. The number of carbonyl (C=O) groups is 1. The van der Waals surface area contributed by atoms with E-state index in [1.807, 2.05) is 24.3 Å². The van der Waals surface area contributed by atoms with Gasteiger partial charge in [-0.05, 0) is 59.9 Å². The van der Waals surface area contributed by atoms with Crippen molar-refractivity contribution in [1.29, 1.82) is 0 Å². The highest BCUT2D eigenvalue weighted by Crippen LogP contribution is 2.44. The molecule has 7 heteroatoms. The molecule has 2 heterocycles. The molecule has 0 saturated heterocycles. The van der Waals surface area contributed by atoms with E-state index in [9.17, 15) is 10.0 Å². The lowest BCUT2D eigenvalue weighted by Gasteiger charge is -2.23. The van der Waals surface area contributed by atoms with Gasteiger partial charge in [-0.1, -0.05) is 28.9 Å². The Bertz CT molecular complexity index is 1060. The molecule has 0 saturated carbocycles. The zero-order chi connectivity index (χ0) is 19.7. The predicted octanol–water partition coefficient (Wildman–Crippen LogP) is 5.53. The Morgan fingerprint density at radius 1 is 1.29 bits per heavy atom. The molecule has 142 valence electrons. The molecule has 1 atom stereocenters. The average Bonchev–Trinajstić information content (AvgIpc) is 3.13. The summed E-state index contributed by atoms with van der Waals surface area (Å²) in [5.74, 6) is 0.578. The maximum atomic E-state index is 11.3. The van der Waals surface area contributed by atoms with Crippen LogP contribution < -0.4 is 5.32 Å². The number of amides is 1. The first-order valence-electron chi connectivity index (χ1n) is 8.89. The number of fused-ring (bicyclic) bond motifs is 1. The number of nitrogens with one attached hydrogen (secondary N) is 1. The number of benzene rings is 1. The van der Waals surface area contributed by atoms with E-state index in [-0.39, 0.29) is 11.8 Å². The highest BCUT2D eigenvalue weighted by Gasteiger charge is 2.29. The van der Waals surface area contributed by atoms with Crippen molar-refractivity contribution in [1.82, 2.24) is 4.98 Å². The van der Waals surface area contributed by atoms with Crippen molar-refractivity contribution in [2.24, 2.45) is 5.16 Å². The number of nitrogens with zero attached hydrogens (tertiary/aromatic N) is 2. The molecule has 28 heavy (non-hydrogen) atoms. The molecule has 0 spiro atoms. The van der Waals surface area contributed by atoms with Gasteiger partial charge in [-0.3, -0.25) is 4.79 Å². The molecule has 2 N–H and O–H groups in total. The van der Waals surface area contributed by atoms with Gasteiger partial charge in [0.2, 0.25) is 5.91 Å². The van der Waals surface area contributed by atoms with Crippen molar-refractivity contribution < 1.29 is 10.0 Å². The van der Waals surface area contributed by atoms with Crippen LogP contribution in [0.15, 0.2) is 53.8 Å². The normalized spacial score (nSPS) is 17.4. The molecule has 1 unspecified atom stereocenters. The van der Waals surface area contributed by atoms with Gasteiger partial charge in [0.1, 0.15) is 5.82 Å². The fraction of sp³-hybridized carbons (Fsp3) is 0.190. The minimum Gasteiger partial charge on any atom is -0.411 e. The van der Waals surface area contributed by atoms with E-state index in [1.54, 1.807) is 17.5 Å². The lowest BCUT2D eigenvalue weighted by atomic mass is 9.81.